The summed E-state index contributed by atoms with van der Waals surface area (Å²) >= 11 is 0. The monoisotopic (exact) mass is 392 g/mol. The summed E-state index contributed by atoms with van der Waals surface area (Å²) in [6.07, 6.45) is 15.8. The maximum absolute atomic E-state index is 11.5. The van der Waals surface area contributed by atoms with Crippen molar-refractivity contribution in [1.82, 2.24) is 0 Å². The molecule has 0 amide bonds. The van der Waals surface area contributed by atoms with Gasteiger partial charge in [0.1, 0.15) is 6.10 Å². The third-order valence-corrected chi connectivity index (χ3v) is 4.82. The van der Waals surface area contributed by atoms with Crippen molar-refractivity contribution in [2.24, 2.45) is 5.92 Å². The van der Waals surface area contributed by atoms with Gasteiger partial charge in [-0.1, -0.05) is 97.8 Å². The Kier molecular flexibility index (Phi) is 22.3. The van der Waals surface area contributed by atoms with Crippen molar-refractivity contribution < 1.29 is 49.0 Å². The van der Waals surface area contributed by atoms with Crippen molar-refractivity contribution in [2.45, 2.75) is 123 Å². The Labute approximate surface area is 189 Å². The van der Waals surface area contributed by atoms with Crippen LogP contribution >= 0.6 is 0 Å². The van der Waals surface area contributed by atoms with E-state index in [1.165, 1.54) is 64.2 Å². The van der Waals surface area contributed by atoms with Crippen LogP contribution in [-0.4, -0.2) is 18.0 Å². The van der Waals surface area contributed by atoms with E-state index in [0.29, 0.717) is 6.42 Å². The number of aliphatic carboxylic acids is 1. The van der Waals surface area contributed by atoms with Crippen LogP contribution in [0.2, 0.25) is 0 Å². The molecule has 154 valence electrons. The molecule has 0 spiro atoms. The molecule has 4 nitrogen and oxygen atoms in total. The van der Waals surface area contributed by atoms with Gasteiger partial charge < -0.3 is 14.6 Å². The zero-order chi connectivity index (χ0) is 19.6. The molecule has 0 aliphatic heterocycles. The summed E-state index contributed by atoms with van der Waals surface area (Å²) in [5.74, 6) is -0.887. The third kappa shape index (κ3) is 20.5. The van der Waals surface area contributed by atoms with Gasteiger partial charge in [-0.25, -0.2) is 0 Å². The fourth-order valence-corrected chi connectivity index (χ4v) is 3.11. The second-order valence-corrected chi connectivity index (χ2v) is 7.88. The average molecular weight is 393 g/mol. The standard InChI is InChI=1S/C22H42O4.Na/c1-4-20(22(24)25)26-21(23)18-16-14-12-10-8-6-5-7-9-11-13-15-17-19(2)3;/h19-20H,4-18H2,1-3H3,(H,24,25);/q;+1/p-1. The van der Waals surface area contributed by atoms with E-state index in [9.17, 15) is 14.7 Å². The summed E-state index contributed by atoms with van der Waals surface area (Å²) in [6, 6.07) is 0. The second kappa shape index (κ2) is 20.7. The number of ether oxygens (including phenoxy) is 1. The maximum Gasteiger partial charge on any atom is 1.00 e. The number of rotatable bonds is 18. The maximum atomic E-state index is 11.5. The molecule has 0 aromatic heterocycles. The molecule has 0 heterocycles. The van der Waals surface area contributed by atoms with Crippen molar-refractivity contribution in [3.05, 3.63) is 0 Å². The van der Waals surface area contributed by atoms with Gasteiger partial charge in [0.15, 0.2) is 0 Å². The van der Waals surface area contributed by atoms with Gasteiger partial charge in [0, 0.05) is 6.42 Å². The minimum atomic E-state index is -1.31. The summed E-state index contributed by atoms with van der Waals surface area (Å²) in [6.45, 7) is 6.26. The van der Waals surface area contributed by atoms with Crippen LogP contribution < -0.4 is 34.7 Å². The molecule has 0 radical (unpaired) electrons. The van der Waals surface area contributed by atoms with E-state index in [2.05, 4.69) is 13.8 Å². The van der Waals surface area contributed by atoms with Crippen molar-refractivity contribution in [2.75, 3.05) is 0 Å². The minimum Gasteiger partial charge on any atom is -0.546 e. The van der Waals surface area contributed by atoms with E-state index in [-0.39, 0.29) is 36.0 Å². The van der Waals surface area contributed by atoms with Crippen LogP contribution in [0.5, 0.6) is 0 Å². The van der Waals surface area contributed by atoms with E-state index in [4.69, 9.17) is 4.74 Å². The van der Waals surface area contributed by atoms with Gasteiger partial charge in [0.2, 0.25) is 0 Å². The largest absolute Gasteiger partial charge is 1.00 e. The molecule has 0 bridgehead atoms. The van der Waals surface area contributed by atoms with E-state index in [0.717, 1.165) is 25.2 Å². The van der Waals surface area contributed by atoms with Crippen LogP contribution in [0.3, 0.4) is 0 Å². The van der Waals surface area contributed by atoms with Gasteiger partial charge in [-0.15, -0.1) is 0 Å². The summed E-state index contributed by atoms with van der Waals surface area (Å²) < 4.78 is 4.88. The van der Waals surface area contributed by atoms with E-state index in [1.54, 1.807) is 6.92 Å². The van der Waals surface area contributed by atoms with Crippen LogP contribution in [0.25, 0.3) is 0 Å². The molecule has 0 saturated carbocycles. The van der Waals surface area contributed by atoms with Gasteiger partial charge in [-0.2, -0.15) is 0 Å². The molecule has 0 aromatic carbocycles. The zero-order valence-electron chi connectivity index (χ0n) is 18.4. The summed E-state index contributed by atoms with van der Waals surface area (Å²) in [5.41, 5.74) is 0. The number of unbranched alkanes of at least 4 members (excludes halogenated alkanes) is 11. The van der Waals surface area contributed by atoms with Gasteiger partial charge in [-0.3, -0.25) is 4.79 Å². The molecular formula is C22H41NaO4. The van der Waals surface area contributed by atoms with Crippen molar-refractivity contribution in [1.29, 1.82) is 0 Å². The first kappa shape index (κ1) is 29.1. The first-order valence-electron chi connectivity index (χ1n) is 10.9. The molecule has 5 heteroatoms. The second-order valence-electron chi connectivity index (χ2n) is 7.88. The predicted octanol–water partition coefficient (Wildman–Crippen LogP) is 2.18. The zero-order valence-corrected chi connectivity index (χ0v) is 20.4. The first-order chi connectivity index (χ1) is 12.5. The Bertz CT molecular complexity index is 358. The minimum absolute atomic E-state index is 0. The Morgan fingerprint density at radius 3 is 1.56 bits per heavy atom. The smallest absolute Gasteiger partial charge is 0.546 e. The molecule has 0 saturated heterocycles. The number of hydrogen-bond donors (Lipinski definition) is 0. The Morgan fingerprint density at radius 1 is 0.778 bits per heavy atom. The van der Waals surface area contributed by atoms with E-state index in [1.807, 2.05) is 0 Å². The summed E-state index contributed by atoms with van der Waals surface area (Å²) in [5, 5.41) is 10.7. The van der Waals surface area contributed by atoms with Crippen LogP contribution in [0.15, 0.2) is 0 Å². The van der Waals surface area contributed by atoms with Crippen molar-refractivity contribution in [3.8, 4) is 0 Å². The van der Waals surface area contributed by atoms with Gasteiger partial charge >= 0.3 is 35.5 Å². The number of hydrogen-bond acceptors (Lipinski definition) is 4. The summed E-state index contributed by atoms with van der Waals surface area (Å²) in [7, 11) is 0. The van der Waals surface area contributed by atoms with E-state index < -0.39 is 18.0 Å². The Hall–Kier alpha value is -0.0600. The topological polar surface area (TPSA) is 66.4 Å². The van der Waals surface area contributed by atoms with Crippen LogP contribution in [-0.2, 0) is 14.3 Å². The average Bonchev–Trinajstić information content (AvgIpc) is 2.59. The van der Waals surface area contributed by atoms with Crippen LogP contribution in [0, 0.1) is 5.92 Å². The first-order valence-corrected chi connectivity index (χ1v) is 10.9. The SMILES string of the molecule is CCC(OC(=O)CCCCCCCCCCCCCCC(C)C)C(=O)[O-].[Na+]. The Balaban J connectivity index is 0. The normalized spacial score (nSPS) is 11.9. The molecule has 0 aromatic rings. The molecule has 1 atom stereocenters. The summed E-state index contributed by atoms with van der Waals surface area (Å²) in [4.78, 5) is 22.2. The number of carboxylic acids is 1. The van der Waals surface area contributed by atoms with Crippen molar-refractivity contribution in [3.63, 3.8) is 0 Å². The number of carboxylic acid groups (broad SMARTS) is 1. The predicted molar refractivity (Wildman–Crippen MR) is 105 cm³/mol. The molecule has 0 aliphatic carbocycles. The number of carbonyl (C=O) groups is 2. The number of esters is 1. The van der Waals surface area contributed by atoms with Crippen molar-refractivity contribution >= 4 is 11.9 Å². The van der Waals surface area contributed by atoms with Gasteiger partial charge in [0.25, 0.3) is 0 Å². The van der Waals surface area contributed by atoms with E-state index >= 15 is 0 Å². The molecule has 0 fully saturated rings. The molecule has 0 rings (SSSR count). The molecule has 0 aliphatic rings. The van der Waals surface area contributed by atoms with Crippen LogP contribution in [0.4, 0.5) is 0 Å². The number of carbonyl (C=O) groups excluding carboxylic acids is 2. The molecular weight excluding hydrogens is 351 g/mol. The quantitative estimate of drug-likeness (QED) is 0.204. The molecule has 0 N–H and O–H groups in total. The third-order valence-electron chi connectivity index (χ3n) is 4.82. The van der Waals surface area contributed by atoms with Gasteiger partial charge in [0.05, 0.1) is 5.97 Å². The Morgan fingerprint density at radius 2 is 1.19 bits per heavy atom. The fraction of sp³-hybridized carbons (Fsp3) is 0.909. The molecule has 27 heavy (non-hydrogen) atoms. The van der Waals surface area contributed by atoms with Gasteiger partial charge in [-0.05, 0) is 18.8 Å². The molecule has 1 unspecified atom stereocenters. The fourth-order valence-electron chi connectivity index (χ4n) is 3.11. The van der Waals surface area contributed by atoms with Crippen LogP contribution in [0.1, 0.15) is 117 Å².